The fourth-order valence-electron chi connectivity index (χ4n) is 2.81. The molecule has 6 nitrogen and oxygen atoms in total. The van der Waals surface area contributed by atoms with E-state index in [0.717, 1.165) is 5.56 Å². The summed E-state index contributed by atoms with van der Waals surface area (Å²) in [5.74, 6) is -0.112. The lowest BCUT2D eigenvalue weighted by Crippen LogP contribution is -2.25. The van der Waals surface area contributed by atoms with E-state index in [4.69, 9.17) is 16.0 Å². The highest BCUT2D eigenvalue weighted by Crippen LogP contribution is 2.30. The van der Waals surface area contributed by atoms with Crippen molar-refractivity contribution in [2.75, 3.05) is 11.4 Å². The molecule has 1 saturated heterocycles. The molecule has 0 aliphatic carbocycles. The predicted octanol–water partition coefficient (Wildman–Crippen LogP) is 3.01. The second-order valence-electron chi connectivity index (χ2n) is 5.62. The van der Waals surface area contributed by atoms with E-state index < -0.39 is 11.2 Å². The van der Waals surface area contributed by atoms with Crippen molar-refractivity contribution in [2.24, 2.45) is 5.92 Å². The number of hydrogen-bond donors (Lipinski definition) is 0. The summed E-state index contributed by atoms with van der Waals surface area (Å²) in [5, 5.41) is -0.479. The van der Waals surface area contributed by atoms with E-state index in [0.29, 0.717) is 29.2 Å². The number of benzene rings is 1. The third-order valence-corrected chi connectivity index (χ3v) is 4.35. The molecule has 1 fully saturated rings. The van der Waals surface area contributed by atoms with Gasteiger partial charge in [0.1, 0.15) is 5.52 Å². The summed E-state index contributed by atoms with van der Waals surface area (Å²) in [6.45, 7) is 0.292. The number of nitrogens with zero attached hydrogens (tertiary/aromatic N) is 3. The minimum Gasteiger partial charge on any atom is -0.436 e. The van der Waals surface area contributed by atoms with Crippen molar-refractivity contribution in [3.63, 3.8) is 0 Å². The van der Waals surface area contributed by atoms with Crippen LogP contribution in [0.4, 0.5) is 5.69 Å². The van der Waals surface area contributed by atoms with E-state index in [-0.39, 0.29) is 12.3 Å². The van der Waals surface area contributed by atoms with Gasteiger partial charge in [-0.1, -0.05) is 0 Å². The molecule has 1 aliphatic heterocycles. The maximum Gasteiger partial charge on any atom is 0.228 e. The van der Waals surface area contributed by atoms with Crippen molar-refractivity contribution < 1.29 is 14.0 Å². The monoisotopic (exact) mass is 341 g/mol. The van der Waals surface area contributed by atoms with Crippen LogP contribution in [-0.2, 0) is 9.59 Å². The van der Waals surface area contributed by atoms with Gasteiger partial charge in [-0.15, -0.1) is 0 Å². The minimum atomic E-state index is -0.479. The lowest BCUT2D eigenvalue weighted by Gasteiger charge is -2.15. The number of halogens is 1. The lowest BCUT2D eigenvalue weighted by atomic mass is 10.1. The van der Waals surface area contributed by atoms with E-state index in [1.54, 1.807) is 35.5 Å². The molecule has 0 unspecified atom stereocenters. The van der Waals surface area contributed by atoms with Gasteiger partial charge in [-0.3, -0.25) is 14.6 Å². The smallest absolute Gasteiger partial charge is 0.228 e. The molecule has 1 atom stereocenters. The van der Waals surface area contributed by atoms with Crippen molar-refractivity contribution in [3.05, 3.63) is 42.7 Å². The molecule has 0 bridgehead atoms. The second kappa shape index (κ2) is 5.72. The van der Waals surface area contributed by atoms with Crippen molar-refractivity contribution in [2.45, 2.75) is 6.42 Å². The van der Waals surface area contributed by atoms with E-state index in [1.165, 1.54) is 0 Å². The summed E-state index contributed by atoms with van der Waals surface area (Å²) < 4.78 is 5.73. The van der Waals surface area contributed by atoms with Crippen LogP contribution in [0.5, 0.6) is 0 Å². The van der Waals surface area contributed by atoms with Crippen molar-refractivity contribution in [1.29, 1.82) is 0 Å². The van der Waals surface area contributed by atoms with Gasteiger partial charge < -0.3 is 9.32 Å². The zero-order valence-electron chi connectivity index (χ0n) is 12.5. The summed E-state index contributed by atoms with van der Waals surface area (Å²) in [5.41, 5.74) is 2.72. The highest BCUT2D eigenvalue weighted by atomic mass is 35.5. The number of anilines is 1. The number of carbonyl (C=O) groups excluding carboxylic acids is 2. The Bertz CT molecular complexity index is 939. The molecule has 1 aliphatic rings. The van der Waals surface area contributed by atoms with Crippen LogP contribution in [0.3, 0.4) is 0 Å². The van der Waals surface area contributed by atoms with Gasteiger partial charge in [-0.2, -0.15) is 0 Å². The molecular weight excluding hydrogens is 330 g/mol. The van der Waals surface area contributed by atoms with Gasteiger partial charge in [0.25, 0.3) is 0 Å². The first-order valence-electron chi connectivity index (χ1n) is 7.42. The molecular formula is C17H12ClN3O3. The summed E-state index contributed by atoms with van der Waals surface area (Å²) in [4.78, 5) is 33.5. The quantitative estimate of drug-likeness (QED) is 0.684. The fourth-order valence-corrected chi connectivity index (χ4v) is 2.95. The van der Waals surface area contributed by atoms with Crippen LogP contribution in [-0.4, -0.2) is 27.7 Å². The van der Waals surface area contributed by atoms with Gasteiger partial charge in [0.05, 0.1) is 11.5 Å². The molecule has 4 rings (SSSR count). The summed E-state index contributed by atoms with van der Waals surface area (Å²) >= 11 is 5.52. The first kappa shape index (κ1) is 14.8. The second-order valence-corrected chi connectivity index (χ2v) is 5.99. The molecule has 0 radical (unpaired) electrons. The summed E-state index contributed by atoms with van der Waals surface area (Å²) in [6, 6.07) is 8.99. The molecule has 3 heterocycles. The third kappa shape index (κ3) is 2.55. The van der Waals surface area contributed by atoms with Crippen LogP contribution in [0.15, 0.2) is 47.1 Å². The number of rotatable bonds is 3. The third-order valence-electron chi connectivity index (χ3n) is 4.04. The number of oxazole rings is 1. The Hall–Kier alpha value is -2.73. The van der Waals surface area contributed by atoms with Gasteiger partial charge in [0.15, 0.2) is 5.58 Å². The maximum absolute atomic E-state index is 12.1. The molecule has 7 heteroatoms. The van der Waals surface area contributed by atoms with Gasteiger partial charge in [0.2, 0.25) is 17.0 Å². The van der Waals surface area contributed by atoms with Crippen LogP contribution in [0.25, 0.3) is 22.6 Å². The molecule has 0 spiro atoms. The van der Waals surface area contributed by atoms with Crippen LogP contribution >= 0.6 is 11.6 Å². The standard InChI is InChI=1S/C17H12ClN3O3/c18-16(23)11-6-15(22)21(9-11)12-3-4-14-13(7-12)20-17(24-14)10-2-1-5-19-8-10/h1-5,7-8,11H,6,9H2/t11-/m1/s1. The maximum atomic E-state index is 12.1. The molecule has 1 aromatic carbocycles. The Morgan fingerprint density at radius 3 is 2.92 bits per heavy atom. The Balaban J connectivity index is 1.69. The van der Waals surface area contributed by atoms with Gasteiger partial charge in [0, 0.05) is 31.0 Å². The minimum absolute atomic E-state index is 0.121. The van der Waals surface area contributed by atoms with Gasteiger partial charge in [-0.05, 0) is 41.9 Å². The fraction of sp³-hybridized carbons (Fsp3) is 0.176. The van der Waals surface area contributed by atoms with Crippen molar-refractivity contribution in [3.8, 4) is 11.5 Å². The number of fused-ring (bicyclic) bond motifs is 1. The van der Waals surface area contributed by atoms with E-state index >= 15 is 0 Å². The zero-order chi connectivity index (χ0) is 16.7. The average molecular weight is 342 g/mol. The first-order chi connectivity index (χ1) is 11.6. The summed E-state index contributed by atoms with van der Waals surface area (Å²) in [7, 11) is 0. The van der Waals surface area contributed by atoms with Crippen LogP contribution in [0, 0.1) is 5.92 Å². The van der Waals surface area contributed by atoms with Crippen molar-refractivity contribution >= 4 is 39.5 Å². The van der Waals surface area contributed by atoms with E-state index in [1.807, 2.05) is 12.1 Å². The predicted molar refractivity (Wildman–Crippen MR) is 88.6 cm³/mol. The van der Waals surface area contributed by atoms with Crippen LogP contribution < -0.4 is 4.90 Å². The number of hydrogen-bond acceptors (Lipinski definition) is 5. The Morgan fingerprint density at radius 2 is 2.21 bits per heavy atom. The molecule has 24 heavy (non-hydrogen) atoms. The summed E-state index contributed by atoms with van der Waals surface area (Å²) in [6.07, 6.45) is 3.49. The highest BCUT2D eigenvalue weighted by Gasteiger charge is 2.34. The molecule has 1 amide bonds. The van der Waals surface area contributed by atoms with E-state index in [2.05, 4.69) is 9.97 Å². The Labute approximate surface area is 142 Å². The van der Waals surface area contributed by atoms with Gasteiger partial charge >= 0.3 is 0 Å². The van der Waals surface area contributed by atoms with Crippen LogP contribution in [0.1, 0.15) is 6.42 Å². The Morgan fingerprint density at radius 1 is 1.33 bits per heavy atom. The number of amides is 1. The van der Waals surface area contributed by atoms with Crippen molar-refractivity contribution in [1.82, 2.24) is 9.97 Å². The lowest BCUT2D eigenvalue weighted by molar-refractivity contribution is -0.120. The number of pyridine rings is 1. The SMILES string of the molecule is O=C(Cl)[C@@H]1CC(=O)N(c2ccc3oc(-c4cccnc4)nc3c2)C1. The Kier molecular flexibility index (Phi) is 3.54. The first-order valence-corrected chi connectivity index (χ1v) is 7.80. The average Bonchev–Trinajstić information content (AvgIpc) is 3.18. The van der Waals surface area contributed by atoms with Gasteiger partial charge in [-0.25, -0.2) is 4.98 Å². The molecule has 0 saturated carbocycles. The zero-order valence-corrected chi connectivity index (χ0v) is 13.2. The number of aromatic nitrogens is 2. The van der Waals surface area contributed by atoms with E-state index in [9.17, 15) is 9.59 Å². The molecule has 0 N–H and O–H groups in total. The molecule has 120 valence electrons. The van der Waals surface area contributed by atoms with Crippen LogP contribution in [0.2, 0.25) is 0 Å². The molecule has 2 aromatic heterocycles. The topological polar surface area (TPSA) is 76.3 Å². The highest BCUT2D eigenvalue weighted by molar-refractivity contribution is 6.64. The largest absolute Gasteiger partial charge is 0.436 e. The number of carbonyl (C=O) groups is 2. The molecule has 3 aromatic rings. The normalized spacial score (nSPS) is 17.6.